The third kappa shape index (κ3) is 2.86. The van der Waals surface area contributed by atoms with Crippen LogP contribution in [0.3, 0.4) is 0 Å². The number of aryl methyl sites for hydroxylation is 1. The molecule has 2 rings (SSSR count). The van der Waals surface area contributed by atoms with Crippen LogP contribution in [0.25, 0.3) is 0 Å². The van der Waals surface area contributed by atoms with Crippen LogP contribution in [0, 0.1) is 0 Å². The molecule has 0 fully saturated rings. The van der Waals surface area contributed by atoms with Crippen molar-refractivity contribution in [2.24, 2.45) is 0 Å². The molecule has 1 aliphatic carbocycles. The number of benzene rings is 1. The van der Waals surface area contributed by atoms with Crippen LogP contribution in [0.1, 0.15) is 24.5 Å². The minimum absolute atomic E-state index is 0.0943. The fraction of sp³-hybridized carbons (Fsp3) is 0.500. The number of amides is 1. The minimum atomic E-state index is -0.118. The summed E-state index contributed by atoms with van der Waals surface area (Å²) in [4.78, 5) is 11.8. The van der Waals surface area contributed by atoms with Crippen molar-refractivity contribution in [1.29, 1.82) is 0 Å². The average molecular weight is 232 g/mol. The highest BCUT2D eigenvalue weighted by Gasteiger charge is 2.21. The summed E-state index contributed by atoms with van der Waals surface area (Å²) < 4.78 is 0. The Morgan fingerprint density at radius 3 is 2.76 bits per heavy atom. The van der Waals surface area contributed by atoms with Gasteiger partial charge in [0.15, 0.2) is 0 Å². The number of carbonyl (C=O) groups excluding carboxylic acids is 1. The highest BCUT2D eigenvalue weighted by molar-refractivity contribution is 5.81. The van der Waals surface area contributed by atoms with E-state index < -0.39 is 0 Å². The van der Waals surface area contributed by atoms with Crippen LogP contribution in [0.15, 0.2) is 24.3 Å². The number of likely N-dealkylation sites (N-methyl/N-ethyl adjacent to an activating group) is 1. The van der Waals surface area contributed by atoms with Gasteiger partial charge in [-0.15, -0.1) is 0 Å². The van der Waals surface area contributed by atoms with E-state index in [0.29, 0.717) is 0 Å². The van der Waals surface area contributed by atoms with Crippen LogP contribution >= 0.6 is 0 Å². The van der Waals surface area contributed by atoms with Crippen molar-refractivity contribution in [2.75, 3.05) is 7.05 Å². The molecule has 1 amide bonds. The zero-order chi connectivity index (χ0) is 12.3. The topological polar surface area (TPSA) is 41.1 Å². The van der Waals surface area contributed by atoms with Crippen LogP contribution in [0.5, 0.6) is 0 Å². The average Bonchev–Trinajstić information content (AvgIpc) is 2.37. The first kappa shape index (κ1) is 12.1. The van der Waals surface area contributed by atoms with Gasteiger partial charge in [0.25, 0.3) is 0 Å². The van der Waals surface area contributed by atoms with E-state index in [9.17, 15) is 4.79 Å². The smallest absolute Gasteiger partial charge is 0.237 e. The number of rotatable bonds is 3. The number of hydrogen-bond donors (Lipinski definition) is 2. The van der Waals surface area contributed by atoms with Crippen molar-refractivity contribution in [3.8, 4) is 0 Å². The van der Waals surface area contributed by atoms with E-state index in [4.69, 9.17) is 0 Å². The van der Waals surface area contributed by atoms with E-state index in [0.717, 1.165) is 19.3 Å². The van der Waals surface area contributed by atoms with Crippen LogP contribution in [0.2, 0.25) is 0 Å². The monoisotopic (exact) mass is 232 g/mol. The first-order chi connectivity index (χ1) is 8.20. The van der Waals surface area contributed by atoms with Crippen molar-refractivity contribution in [2.45, 2.75) is 38.3 Å². The molecule has 2 N–H and O–H groups in total. The fourth-order valence-electron chi connectivity index (χ4n) is 2.28. The summed E-state index contributed by atoms with van der Waals surface area (Å²) in [5, 5.41) is 6.07. The van der Waals surface area contributed by atoms with Gasteiger partial charge in [0, 0.05) is 6.04 Å². The largest absolute Gasteiger partial charge is 0.352 e. The Bertz CT molecular complexity index is 403. The number of hydrogen-bond acceptors (Lipinski definition) is 2. The second kappa shape index (κ2) is 5.32. The quantitative estimate of drug-likeness (QED) is 0.824. The van der Waals surface area contributed by atoms with E-state index in [1.807, 2.05) is 6.92 Å². The molecule has 2 unspecified atom stereocenters. The molecular weight excluding hydrogens is 212 g/mol. The molecule has 0 radical (unpaired) electrons. The van der Waals surface area contributed by atoms with Crippen LogP contribution < -0.4 is 10.6 Å². The summed E-state index contributed by atoms with van der Waals surface area (Å²) in [6.45, 7) is 1.88. The van der Waals surface area contributed by atoms with E-state index in [-0.39, 0.29) is 18.0 Å². The molecule has 0 bridgehead atoms. The molecule has 2 atom stereocenters. The lowest BCUT2D eigenvalue weighted by Gasteiger charge is -2.26. The summed E-state index contributed by atoms with van der Waals surface area (Å²) in [6, 6.07) is 8.67. The van der Waals surface area contributed by atoms with Gasteiger partial charge in [-0.25, -0.2) is 0 Å². The van der Waals surface area contributed by atoms with Gasteiger partial charge in [0.2, 0.25) is 5.91 Å². The van der Waals surface area contributed by atoms with Gasteiger partial charge < -0.3 is 10.6 Å². The number of nitrogens with one attached hydrogen (secondary N) is 2. The Kier molecular flexibility index (Phi) is 3.79. The first-order valence-electron chi connectivity index (χ1n) is 6.25. The van der Waals surface area contributed by atoms with Crippen molar-refractivity contribution >= 4 is 5.91 Å². The Labute approximate surface area is 103 Å². The van der Waals surface area contributed by atoms with Gasteiger partial charge in [-0.2, -0.15) is 0 Å². The molecule has 3 nitrogen and oxygen atoms in total. The van der Waals surface area contributed by atoms with Crippen molar-refractivity contribution in [3.05, 3.63) is 35.4 Å². The SMILES string of the molecule is CNC(C)C(=O)NC1CCc2ccccc2C1. The Hall–Kier alpha value is -1.35. The zero-order valence-corrected chi connectivity index (χ0v) is 10.5. The van der Waals surface area contributed by atoms with Gasteiger partial charge in [-0.3, -0.25) is 4.79 Å². The third-order valence-electron chi connectivity index (χ3n) is 3.52. The molecule has 0 spiro atoms. The first-order valence-corrected chi connectivity index (χ1v) is 6.25. The summed E-state index contributed by atoms with van der Waals surface area (Å²) in [6.07, 6.45) is 3.06. The number of fused-ring (bicyclic) bond motifs is 1. The molecule has 17 heavy (non-hydrogen) atoms. The molecular formula is C14H20N2O. The third-order valence-corrected chi connectivity index (χ3v) is 3.52. The Morgan fingerprint density at radius 2 is 2.06 bits per heavy atom. The lowest BCUT2D eigenvalue weighted by molar-refractivity contribution is -0.123. The molecule has 3 heteroatoms. The number of carbonyl (C=O) groups is 1. The summed E-state index contributed by atoms with van der Waals surface area (Å²) >= 11 is 0. The van der Waals surface area contributed by atoms with Crippen molar-refractivity contribution < 1.29 is 4.79 Å². The molecule has 0 saturated carbocycles. The van der Waals surface area contributed by atoms with Crippen LogP contribution in [-0.2, 0) is 17.6 Å². The van der Waals surface area contributed by atoms with E-state index in [2.05, 4.69) is 34.9 Å². The second-order valence-corrected chi connectivity index (χ2v) is 4.73. The van der Waals surface area contributed by atoms with E-state index >= 15 is 0 Å². The molecule has 0 heterocycles. The normalized spacial score (nSPS) is 20.5. The van der Waals surface area contributed by atoms with Crippen LogP contribution in [-0.4, -0.2) is 25.0 Å². The molecule has 0 aliphatic heterocycles. The lowest BCUT2D eigenvalue weighted by Crippen LogP contribution is -2.46. The Morgan fingerprint density at radius 1 is 1.35 bits per heavy atom. The van der Waals surface area contributed by atoms with E-state index in [1.54, 1.807) is 7.05 Å². The lowest BCUT2D eigenvalue weighted by atomic mass is 9.88. The molecule has 1 aromatic rings. The van der Waals surface area contributed by atoms with Crippen molar-refractivity contribution in [1.82, 2.24) is 10.6 Å². The summed E-state index contributed by atoms with van der Waals surface area (Å²) in [5.74, 6) is 0.0943. The van der Waals surface area contributed by atoms with Gasteiger partial charge in [-0.1, -0.05) is 24.3 Å². The van der Waals surface area contributed by atoms with Gasteiger partial charge in [0.05, 0.1) is 6.04 Å². The molecule has 92 valence electrons. The predicted octanol–water partition coefficient (Wildman–Crippen LogP) is 1.27. The predicted molar refractivity (Wildman–Crippen MR) is 68.9 cm³/mol. The molecule has 0 saturated heterocycles. The highest BCUT2D eigenvalue weighted by atomic mass is 16.2. The standard InChI is InChI=1S/C14H20N2O/c1-10(15-2)14(17)16-13-8-7-11-5-3-4-6-12(11)9-13/h3-6,10,13,15H,7-9H2,1-2H3,(H,16,17). The zero-order valence-electron chi connectivity index (χ0n) is 10.5. The Balaban J connectivity index is 1.96. The second-order valence-electron chi connectivity index (χ2n) is 4.73. The molecule has 1 aromatic carbocycles. The highest BCUT2D eigenvalue weighted by Crippen LogP contribution is 2.20. The van der Waals surface area contributed by atoms with Gasteiger partial charge >= 0.3 is 0 Å². The van der Waals surface area contributed by atoms with Crippen LogP contribution in [0.4, 0.5) is 0 Å². The minimum Gasteiger partial charge on any atom is -0.352 e. The van der Waals surface area contributed by atoms with Gasteiger partial charge in [0.1, 0.15) is 0 Å². The maximum absolute atomic E-state index is 11.8. The maximum atomic E-state index is 11.8. The summed E-state index contributed by atoms with van der Waals surface area (Å²) in [5.41, 5.74) is 2.81. The van der Waals surface area contributed by atoms with Crippen molar-refractivity contribution in [3.63, 3.8) is 0 Å². The summed E-state index contributed by atoms with van der Waals surface area (Å²) in [7, 11) is 1.81. The molecule has 1 aliphatic rings. The fourth-order valence-corrected chi connectivity index (χ4v) is 2.28. The van der Waals surface area contributed by atoms with Gasteiger partial charge in [-0.05, 0) is 44.4 Å². The van der Waals surface area contributed by atoms with E-state index in [1.165, 1.54) is 11.1 Å². The molecule has 0 aromatic heterocycles. The maximum Gasteiger partial charge on any atom is 0.237 e.